The third kappa shape index (κ3) is 11.1. The van der Waals surface area contributed by atoms with Crippen LogP contribution in [0.3, 0.4) is 0 Å². The van der Waals surface area contributed by atoms with Crippen molar-refractivity contribution in [1.82, 2.24) is 0 Å². The van der Waals surface area contributed by atoms with Crippen LogP contribution in [-0.2, 0) is 12.6 Å². The van der Waals surface area contributed by atoms with E-state index in [4.69, 9.17) is 0 Å². The zero-order valence-corrected chi connectivity index (χ0v) is 6.22. The van der Waals surface area contributed by atoms with Gasteiger partial charge in [-0.05, 0) is 0 Å². The van der Waals surface area contributed by atoms with Gasteiger partial charge in [0.1, 0.15) is 0 Å². The van der Waals surface area contributed by atoms with Gasteiger partial charge in [-0.25, -0.2) is 0 Å². The molecule has 5 heavy (non-hydrogen) atoms. The van der Waals surface area contributed by atoms with Gasteiger partial charge < -0.3 is 12.6 Å². The van der Waals surface area contributed by atoms with Gasteiger partial charge in [0.15, 0.2) is 0 Å². The second kappa shape index (κ2) is 8.92. The van der Waals surface area contributed by atoms with Gasteiger partial charge in [0, 0.05) is 0 Å². The van der Waals surface area contributed by atoms with Gasteiger partial charge in [0.25, 0.3) is 0 Å². The molecule has 0 unspecified atom stereocenters. The molecule has 0 rings (SSSR count). The van der Waals surface area contributed by atoms with Crippen LogP contribution in [0, 0.1) is 0 Å². The molecule has 0 saturated heterocycles. The molecule has 0 aliphatic heterocycles. The summed E-state index contributed by atoms with van der Waals surface area (Å²) in [5.74, 6) is 0.667. The largest absolute Gasteiger partial charge is 1.00 e. The van der Waals surface area contributed by atoms with E-state index in [2.05, 4.69) is 19.2 Å². The fourth-order valence-corrected chi connectivity index (χ4v) is 0. The van der Waals surface area contributed by atoms with E-state index in [-0.39, 0.29) is 29.6 Å². The Labute approximate surface area is 60.3 Å². The number of hydrogen-bond donors (Lipinski definition) is 0. The quantitative estimate of drug-likeness (QED) is 0.201. The molecule has 0 aromatic carbocycles. The molecule has 0 aromatic rings. The predicted octanol–water partition coefficient (Wildman–Crippen LogP) is -2.28. The van der Waals surface area contributed by atoms with Crippen LogP contribution in [-0.4, -0.2) is 5.75 Å². The SMILES string of the molecule is C=CC[S-].[Na+]. The minimum Gasteiger partial charge on any atom is -0.789 e. The summed E-state index contributed by atoms with van der Waals surface area (Å²) in [4.78, 5) is 0. The Bertz CT molecular complexity index is 20.9. The van der Waals surface area contributed by atoms with Crippen molar-refractivity contribution in [3.8, 4) is 0 Å². The van der Waals surface area contributed by atoms with E-state index in [0.717, 1.165) is 0 Å². The Hall–Kier alpha value is 1.09. The summed E-state index contributed by atoms with van der Waals surface area (Å²) >= 11 is 4.44. The van der Waals surface area contributed by atoms with E-state index in [1.807, 2.05) is 0 Å². The first-order valence-electron chi connectivity index (χ1n) is 1.11. The summed E-state index contributed by atoms with van der Waals surface area (Å²) in [5.41, 5.74) is 0. The van der Waals surface area contributed by atoms with Crippen molar-refractivity contribution >= 4 is 12.6 Å². The van der Waals surface area contributed by atoms with Crippen molar-refractivity contribution in [2.24, 2.45) is 0 Å². The van der Waals surface area contributed by atoms with Gasteiger partial charge in [0.2, 0.25) is 0 Å². The molecular weight excluding hydrogens is 91.1 g/mol. The van der Waals surface area contributed by atoms with Crippen molar-refractivity contribution in [3.63, 3.8) is 0 Å². The van der Waals surface area contributed by atoms with Crippen LogP contribution >= 0.6 is 0 Å². The maximum Gasteiger partial charge on any atom is 1.00 e. The summed E-state index contributed by atoms with van der Waals surface area (Å²) < 4.78 is 0. The third-order valence-electron chi connectivity index (χ3n) is 0.118. The van der Waals surface area contributed by atoms with Gasteiger partial charge in [-0.1, -0.05) is 0 Å². The van der Waals surface area contributed by atoms with E-state index >= 15 is 0 Å². The Balaban J connectivity index is 0. The van der Waals surface area contributed by atoms with E-state index in [1.54, 1.807) is 6.08 Å². The molecule has 0 N–H and O–H groups in total. The Kier molecular flexibility index (Phi) is 16.8. The molecule has 24 valence electrons. The molecule has 0 fully saturated rings. The molecular formula is C3H5NaS. The van der Waals surface area contributed by atoms with E-state index < -0.39 is 0 Å². The molecule has 0 spiro atoms. The predicted molar refractivity (Wildman–Crippen MR) is 22.4 cm³/mol. The van der Waals surface area contributed by atoms with Crippen LogP contribution in [0.5, 0.6) is 0 Å². The Morgan fingerprint density at radius 3 is 2.00 bits per heavy atom. The minimum atomic E-state index is 0. The molecule has 0 saturated carbocycles. The molecule has 0 radical (unpaired) electrons. The number of hydrogen-bond acceptors (Lipinski definition) is 1. The Morgan fingerprint density at radius 1 is 1.80 bits per heavy atom. The fourth-order valence-electron chi connectivity index (χ4n) is 0. The van der Waals surface area contributed by atoms with E-state index in [9.17, 15) is 0 Å². The van der Waals surface area contributed by atoms with Crippen molar-refractivity contribution in [2.45, 2.75) is 0 Å². The molecule has 0 heterocycles. The molecule has 0 aliphatic carbocycles. The van der Waals surface area contributed by atoms with Crippen LogP contribution in [0.25, 0.3) is 0 Å². The molecule has 0 amide bonds. The standard InChI is InChI=1S/C3H6S.Na/c1-2-3-4;/h2,4H,1,3H2;/q;+1/p-1. The summed E-state index contributed by atoms with van der Waals surface area (Å²) in [6.45, 7) is 3.38. The zero-order chi connectivity index (χ0) is 3.41. The van der Waals surface area contributed by atoms with Crippen molar-refractivity contribution in [3.05, 3.63) is 12.7 Å². The van der Waals surface area contributed by atoms with E-state index in [0.29, 0.717) is 5.75 Å². The summed E-state index contributed by atoms with van der Waals surface area (Å²) in [6.07, 6.45) is 1.69. The van der Waals surface area contributed by atoms with Crippen molar-refractivity contribution in [1.29, 1.82) is 0 Å². The third-order valence-corrected chi connectivity index (χ3v) is 0.354. The molecule has 0 aliphatic rings. The summed E-state index contributed by atoms with van der Waals surface area (Å²) in [6, 6.07) is 0. The van der Waals surface area contributed by atoms with Crippen molar-refractivity contribution in [2.75, 3.05) is 5.75 Å². The normalized spacial score (nSPS) is 5.00. The minimum absolute atomic E-state index is 0. The maximum absolute atomic E-state index is 4.44. The molecule has 0 atom stereocenters. The average Bonchev–Trinajstić information content (AvgIpc) is 1.37. The topological polar surface area (TPSA) is 0 Å². The maximum atomic E-state index is 4.44. The van der Waals surface area contributed by atoms with Crippen molar-refractivity contribution < 1.29 is 29.6 Å². The van der Waals surface area contributed by atoms with Crippen LogP contribution < -0.4 is 29.6 Å². The summed E-state index contributed by atoms with van der Waals surface area (Å²) in [7, 11) is 0. The molecule has 2 heteroatoms. The second-order valence-electron chi connectivity index (χ2n) is 0.455. The van der Waals surface area contributed by atoms with E-state index in [1.165, 1.54) is 0 Å². The van der Waals surface area contributed by atoms with Gasteiger partial charge in [-0.3, -0.25) is 0 Å². The van der Waals surface area contributed by atoms with Crippen LogP contribution in [0.15, 0.2) is 12.7 Å². The van der Waals surface area contributed by atoms with Crippen LogP contribution in [0.2, 0.25) is 0 Å². The summed E-state index contributed by atoms with van der Waals surface area (Å²) in [5, 5.41) is 0. The average molecular weight is 96.1 g/mol. The molecule has 0 aromatic heterocycles. The smallest absolute Gasteiger partial charge is 0.789 e. The van der Waals surface area contributed by atoms with Crippen LogP contribution in [0.1, 0.15) is 0 Å². The zero-order valence-electron chi connectivity index (χ0n) is 3.40. The second-order valence-corrected chi connectivity index (χ2v) is 0.789. The van der Waals surface area contributed by atoms with Gasteiger partial charge in [-0.15, -0.1) is 12.7 Å². The molecule has 0 bridgehead atoms. The fraction of sp³-hybridized carbons (Fsp3) is 0.333. The Morgan fingerprint density at radius 2 is 2.00 bits per heavy atom. The van der Waals surface area contributed by atoms with Gasteiger partial charge in [0.05, 0.1) is 0 Å². The first kappa shape index (κ1) is 9.43. The first-order valence-corrected chi connectivity index (χ1v) is 1.68. The first-order chi connectivity index (χ1) is 1.91. The molecule has 0 nitrogen and oxygen atoms in total. The van der Waals surface area contributed by atoms with Gasteiger partial charge in [-0.2, -0.15) is 5.75 Å². The number of rotatable bonds is 1. The monoisotopic (exact) mass is 96.0 g/mol. The van der Waals surface area contributed by atoms with Crippen LogP contribution in [0.4, 0.5) is 0 Å². The van der Waals surface area contributed by atoms with Gasteiger partial charge >= 0.3 is 29.6 Å².